The second-order valence-electron chi connectivity index (χ2n) is 7.35. The minimum atomic E-state index is -3.91. The minimum Gasteiger partial charge on any atom is -0.355 e. The molecule has 11 heteroatoms. The van der Waals surface area contributed by atoms with Crippen LogP contribution in [-0.2, 0) is 10.0 Å². The third-order valence-corrected chi connectivity index (χ3v) is 6.35. The molecule has 2 N–H and O–H groups in total. The lowest BCUT2D eigenvalue weighted by Gasteiger charge is -2.07. The average molecular weight is 470 g/mol. The van der Waals surface area contributed by atoms with E-state index in [4.69, 9.17) is 9.05 Å². The molecule has 9 nitrogen and oxygen atoms in total. The maximum atomic E-state index is 13.8. The number of carbonyl (C=O) groups is 1. The molecule has 0 unspecified atom stereocenters. The Kier molecular flexibility index (Phi) is 5.73. The van der Waals surface area contributed by atoms with E-state index in [-0.39, 0.29) is 22.2 Å². The fourth-order valence-corrected chi connectivity index (χ4v) is 3.92. The number of amides is 1. The number of halogens is 1. The van der Waals surface area contributed by atoms with E-state index < -0.39 is 21.7 Å². The van der Waals surface area contributed by atoms with Crippen molar-refractivity contribution in [2.45, 2.75) is 25.7 Å². The highest BCUT2D eigenvalue weighted by molar-refractivity contribution is 7.92. The van der Waals surface area contributed by atoms with Gasteiger partial charge in [0.15, 0.2) is 11.5 Å². The molecule has 170 valence electrons. The zero-order valence-electron chi connectivity index (χ0n) is 17.8. The number of benzene rings is 2. The predicted molar refractivity (Wildman–Crippen MR) is 118 cm³/mol. The van der Waals surface area contributed by atoms with E-state index in [2.05, 4.69) is 20.4 Å². The Morgan fingerprint density at radius 3 is 2.33 bits per heavy atom. The Bertz CT molecular complexity index is 1440. The van der Waals surface area contributed by atoms with Gasteiger partial charge in [-0.2, -0.15) is 0 Å². The minimum absolute atomic E-state index is 0.0134. The normalized spacial score (nSPS) is 11.4. The molecule has 0 aliphatic carbocycles. The van der Waals surface area contributed by atoms with E-state index in [0.717, 1.165) is 0 Å². The van der Waals surface area contributed by atoms with Crippen molar-refractivity contribution in [2.75, 3.05) is 10.0 Å². The first-order valence-corrected chi connectivity index (χ1v) is 11.2. The number of hydrogen-bond acceptors (Lipinski definition) is 7. The summed E-state index contributed by atoms with van der Waals surface area (Å²) in [7, 11) is -3.91. The summed E-state index contributed by atoms with van der Waals surface area (Å²) in [6.07, 6.45) is 0. The third kappa shape index (κ3) is 4.62. The average Bonchev–Trinajstić information content (AvgIpc) is 3.39. The standard InChI is InChI=1S/C22H19FN4O5S/c1-12-4-5-15(10-18(12)23)20-11-19(26-31-20)21(28)24-16-6-8-17(9-7-16)33(29,30)27-22-13(2)14(3)25-32-22/h4-11,27H,1-3H3,(H,24,28). The van der Waals surface area contributed by atoms with Gasteiger partial charge in [0.05, 0.1) is 10.6 Å². The van der Waals surface area contributed by atoms with E-state index in [1.807, 2.05) is 0 Å². The van der Waals surface area contributed by atoms with Crippen LogP contribution in [-0.4, -0.2) is 24.6 Å². The number of nitrogens with zero attached hydrogens (tertiary/aromatic N) is 2. The van der Waals surface area contributed by atoms with Gasteiger partial charge < -0.3 is 14.4 Å². The van der Waals surface area contributed by atoms with E-state index in [1.165, 1.54) is 36.4 Å². The van der Waals surface area contributed by atoms with Gasteiger partial charge >= 0.3 is 0 Å². The van der Waals surface area contributed by atoms with Crippen molar-refractivity contribution >= 4 is 27.5 Å². The Hall–Kier alpha value is -3.99. The molecule has 0 saturated heterocycles. The summed E-state index contributed by atoms with van der Waals surface area (Å²) in [6, 6.07) is 11.5. The van der Waals surface area contributed by atoms with Crippen LogP contribution in [0.4, 0.5) is 16.0 Å². The highest BCUT2D eigenvalue weighted by Crippen LogP contribution is 2.24. The Morgan fingerprint density at radius 2 is 1.70 bits per heavy atom. The van der Waals surface area contributed by atoms with Crippen LogP contribution in [0.3, 0.4) is 0 Å². The van der Waals surface area contributed by atoms with Crippen LogP contribution in [0.2, 0.25) is 0 Å². The summed E-state index contributed by atoms with van der Waals surface area (Å²) in [5.74, 6) is -0.684. The van der Waals surface area contributed by atoms with Crippen molar-refractivity contribution in [3.63, 3.8) is 0 Å². The van der Waals surface area contributed by atoms with Gasteiger partial charge in [-0.15, -0.1) is 0 Å². The Morgan fingerprint density at radius 1 is 0.970 bits per heavy atom. The molecule has 0 bridgehead atoms. The highest BCUT2D eigenvalue weighted by Gasteiger charge is 2.20. The van der Waals surface area contributed by atoms with Gasteiger partial charge in [0, 0.05) is 22.9 Å². The van der Waals surface area contributed by atoms with Gasteiger partial charge in [0.25, 0.3) is 15.9 Å². The molecule has 0 saturated carbocycles. The second-order valence-corrected chi connectivity index (χ2v) is 9.03. The topological polar surface area (TPSA) is 127 Å². The fourth-order valence-electron chi connectivity index (χ4n) is 2.87. The number of anilines is 2. The molecule has 0 atom stereocenters. The molecule has 0 fully saturated rings. The summed E-state index contributed by atoms with van der Waals surface area (Å²) < 4.78 is 51.4. The van der Waals surface area contributed by atoms with Crippen molar-refractivity contribution in [3.8, 4) is 11.3 Å². The first kappa shape index (κ1) is 22.2. The number of nitrogens with one attached hydrogen (secondary N) is 2. The Balaban J connectivity index is 1.46. The van der Waals surface area contributed by atoms with E-state index in [9.17, 15) is 17.6 Å². The van der Waals surface area contributed by atoms with E-state index >= 15 is 0 Å². The molecule has 2 heterocycles. The fraction of sp³-hybridized carbons (Fsp3) is 0.136. The van der Waals surface area contributed by atoms with Crippen molar-refractivity contribution in [1.82, 2.24) is 10.3 Å². The van der Waals surface area contributed by atoms with Crippen molar-refractivity contribution in [1.29, 1.82) is 0 Å². The van der Waals surface area contributed by atoms with Crippen molar-refractivity contribution in [2.24, 2.45) is 0 Å². The highest BCUT2D eigenvalue weighted by atomic mass is 32.2. The predicted octanol–water partition coefficient (Wildman–Crippen LogP) is 4.45. The number of carbonyl (C=O) groups excluding carboxylic acids is 1. The van der Waals surface area contributed by atoms with Gasteiger partial charge in [0.2, 0.25) is 5.88 Å². The second kappa shape index (κ2) is 8.51. The van der Waals surface area contributed by atoms with Gasteiger partial charge in [-0.05, 0) is 56.7 Å². The molecule has 4 rings (SSSR count). The summed E-state index contributed by atoms with van der Waals surface area (Å²) in [5.41, 5.74) is 2.43. The lowest BCUT2D eigenvalue weighted by atomic mass is 10.1. The monoisotopic (exact) mass is 470 g/mol. The number of aryl methyl sites for hydroxylation is 2. The first-order chi connectivity index (χ1) is 15.6. The third-order valence-electron chi connectivity index (χ3n) is 5.01. The van der Waals surface area contributed by atoms with E-state index in [0.29, 0.717) is 28.1 Å². The molecular formula is C22H19FN4O5S. The van der Waals surface area contributed by atoms with Crippen LogP contribution in [0.1, 0.15) is 27.3 Å². The summed E-state index contributed by atoms with van der Waals surface area (Å²) in [5, 5.41) is 10.0. The van der Waals surface area contributed by atoms with Crippen LogP contribution >= 0.6 is 0 Å². The van der Waals surface area contributed by atoms with Crippen LogP contribution in [0.15, 0.2) is 62.5 Å². The molecule has 0 aliphatic heterocycles. The zero-order chi connectivity index (χ0) is 23.8. The smallest absolute Gasteiger partial charge is 0.277 e. The van der Waals surface area contributed by atoms with Crippen LogP contribution in [0, 0.1) is 26.6 Å². The number of rotatable bonds is 6. The molecule has 2 aromatic heterocycles. The van der Waals surface area contributed by atoms with E-state index in [1.54, 1.807) is 32.9 Å². The number of hydrogen-bond donors (Lipinski definition) is 2. The van der Waals surface area contributed by atoms with Gasteiger partial charge in [-0.3, -0.25) is 4.79 Å². The van der Waals surface area contributed by atoms with Gasteiger partial charge in [-0.25, -0.2) is 17.5 Å². The molecule has 4 aromatic rings. The SMILES string of the molecule is Cc1ccc(-c2cc(C(=O)Nc3ccc(S(=O)(=O)Nc4onc(C)c4C)cc3)no2)cc1F. The first-order valence-electron chi connectivity index (χ1n) is 9.74. The number of aromatic nitrogens is 2. The summed E-state index contributed by atoms with van der Waals surface area (Å²) >= 11 is 0. The molecule has 0 radical (unpaired) electrons. The van der Waals surface area contributed by atoms with Crippen LogP contribution < -0.4 is 10.0 Å². The zero-order valence-corrected chi connectivity index (χ0v) is 18.7. The van der Waals surface area contributed by atoms with Crippen LogP contribution in [0.5, 0.6) is 0 Å². The van der Waals surface area contributed by atoms with Crippen molar-refractivity contribution < 1.29 is 26.6 Å². The summed E-state index contributed by atoms with van der Waals surface area (Å²) in [4.78, 5) is 12.5. The van der Waals surface area contributed by atoms with Crippen LogP contribution in [0.25, 0.3) is 11.3 Å². The molecule has 33 heavy (non-hydrogen) atoms. The summed E-state index contributed by atoms with van der Waals surface area (Å²) in [6.45, 7) is 5.03. The molecular weight excluding hydrogens is 451 g/mol. The number of sulfonamides is 1. The largest absolute Gasteiger partial charge is 0.355 e. The maximum Gasteiger partial charge on any atom is 0.277 e. The maximum absolute atomic E-state index is 13.8. The molecule has 0 spiro atoms. The molecule has 2 aromatic carbocycles. The molecule has 1 amide bonds. The quantitative estimate of drug-likeness (QED) is 0.426. The van der Waals surface area contributed by atoms with Gasteiger partial charge in [-0.1, -0.05) is 22.4 Å². The van der Waals surface area contributed by atoms with Gasteiger partial charge in [0.1, 0.15) is 5.82 Å². The lowest BCUT2D eigenvalue weighted by molar-refractivity contribution is 0.101. The lowest BCUT2D eigenvalue weighted by Crippen LogP contribution is -2.14. The Labute approximate surface area is 188 Å². The molecule has 0 aliphatic rings. The van der Waals surface area contributed by atoms with Crippen molar-refractivity contribution in [3.05, 3.63) is 76.9 Å².